The van der Waals surface area contributed by atoms with Crippen LogP contribution in [-0.4, -0.2) is 18.3 Å². The Hall–Kier alpha value is -0.250. The normalized spacial score (nSPS) is 29.6. The molecule has 4 heteroatoms. The number of piperidine rings is 1. The van der Waals surface area contributed by atoms with E-state index >= 15 is 0 Å². The second kappa shape index (κ2) is 4.51. The molecule has 0 aliphatic carbocycles. The highest BCUT2D eigenvalue weighted by Gasteiger charge is 2.41. The van der Waals surface area contributed by atoms with E-state index in [9.17, 15) is 13.2 Å². The summed E-state index contributed by atoms with van der Waals surface area (Å²) in [5, 5.41) is 2.70. The fraction of sp³-hybridized carbons (Fsp3) is 1.00. The van der Waals surface area contributed by atoms with E-state index in [1.54, 1.807) is 0 Å². The lowest BCUT2D eigenvalue weighted by Gasteiger charge is -2.33. The fourth-order valence-electron chi connectivity index (χ4n) is 2.03. The number of rotatable bonds is 2. The van der Waals surface area contributed by atoms with Crippen LogP contribution in [0.4, 0.5) is 13.2 Å². The second-order valence-corrected chi connectivity index (χ2v) is 4.52. The van der Waals surface area contributed by atoms with Gasteiger partial charge < -0.3 is 5.32 Å². The van der Waals surface area contributed by atoms with E-state index in [4.69, 9.17) is 0 Å². The largest absolute Gasteiger partial charge is 0.403 e. The first-order chi connectivity index (χ1) is 6.39. The average Bonchev–Trinajstić information content (AvgIpc) is 2.01. The van der Waals surface area contributed by atoms with Crippen molar-refractivity contribution in [3.8, 4) is 0 Å². The molecule has 0 radical (unpaired) electrons. The molecule has 2 atom stereocenters. The van der Waals surface area contributed by atoms with Crippen LogP contribution in [0.3, 0.4) is 0 Å². The van der Waals surface area contributed by atoms with E-state index in [1.165, 1.54) is 0 Å². The Morgan fingerprint density at radius 2 is 1.93 bits per heavy atom. The Balaban J connectivity index is 2.44. The summed E-state index contributed by atoms with van der Waals surface area (Å²) in [4.78, 5) is 0. The third-order valence-electron chi connectivity index (χ3n) is 2.63. The molecule has 0 bridgehead atoms. The smallest absolute Gasteiger partial charge is 0.303 e. The lowest BCUT2D eigenvalue weighted by molar-refractivity contribution is -0.163. The minimum absolute atomic E-state index is 0.0513. The highest BCUT2D eigenvalue weighted by Crippen LogP contribution is 2.29. The first-order valence-corrected chi connectivity index (χ1v) is 5.22. The molecule has 0 aromatic carbocycles. The molecule has 1 aliphatic heterocycles. The van der Waals surface area contributed by atoms with Crippen molar-refractivity contribution >= 4 is 0 Å². The van der Waals surface area contributed by atoms with Crippen LogP contribution >= 0.6 is 0 Å². The molecule has 14 heavy (non-hydrogen) atoms. The first-order valence-electron chi connectivity index (χ1n) is 5.22. The van der Waals surface area contributed by atoms with Gasteiger partial charge in [0.2, 0.25) is 0 Å². The fourth-order valence-corrected chi connectivity index (χ4v) is 2.03. The molecule has 1 aliphatic rings. The highest BCUT2D eigenvalue weighted by molar-refractivity contribution is 4.85. The maximum atomic E-state index is 12.4. The molecule has 0 aromatic rings. The van der Waals surface area contributed by atoms with Gasteiger partial charge in [-0.3, -0.25) is 0 Å². The molecule has 0 unspecified atom stereocenters. The number of hydrogen-bond acceptors (Lipinski definition) is 1. The van der Waals surface area contributed by atoms with Gasteiger partial charge in [-0.05, 0) is 25.2 Å². The summed E-state index contributed by atoms with van der Waals surface area (Å²) >= 11 is 0. The van der Waals surface area contributed by atoms with Gasteiger partial charge in [0.1, 0.15) is 6.04 Å². The number of alkyl halides is 3. The van der Waals surface area contributed by atoms with Gasteiger partial charge in [-0.15, -0.1) is 0 Å². The van der Waals surface area contributed by atoms with Crippen molar-refractivity contribution in [3.63, 3.8) is 0 Å². The third-order valence-corrected chi connectivity index (χ3v) is 2.63. The summed E-state index contributed by atoms with van der Waals surface area (Å²) in [5.41, 5.74) is 0. The third kappa shape index (κ3) is 3.48. The summed E-state index contributed by atoms with van der Waals surface area (Å²) in [6, 6.07) is -1.23. The second-order valence-electron chi connectivity index (χ2n) is 4.52. The maximum Gasteiger partial charge on any atom is 0.403 e. The minimum Gasteiger partial charge on any atom is -0.303 e. The zero-order chi connectivity index (χ0) is 10.8. The van der Waals surface area contributed by atoms with Crippen molar-refractivity contribution in [2.75, 3.05) is 0 Å². The molecule has 1 saturated heterocycles. The van der Waals surface area contributed by atoms with E-state index in [-0.39, 0.29) is 12.5 Å². The van der Waals surface area contributed by atoms with Crippen molar-refractivity contribution < 1.29 is 13.2 Å². The monoisotopic (exact) mass is 209 g/mol. The Morgan fingerprint density at radius 1 is 1.29 bits per heavy atom. The van der Waals surface area contributed by atoms with E-state index in [2.05, 4.69) is 5.32 Å². The Kier molecular flexibility index (Phi) is 3.81. The molecule has 1 nitrogen and oxygen atoms in total. The van der Waals surface area contributed by atoms with Gasteiger partial charge in [0.25, 0.3) is 0 Å². The van der Waals surface area contributed by atoms with Gasteiger partial charge in [0.05, 0.1) is 0 Å². The molecule has 0 saturated carbocycles. The zero-order valence-electron chi connectivity index (χ0n) is 8.69. The quantitative estimate of drug-likeness (QED) is 0.736. The molecular weight excluding hydrogens is 191 g/mol. The SMILES string of the molecule is CC(C)C[C@@H]1CCC[C@H](C(F)(F)F)N1. The topological polar surface area (TPSA) is 12.0 Å². The molecule has 0 spiro atoms. The van der Waals surface area contributed by atoms with Gasteiger partial charge >= 0.3 is 6.18 Å². The number of hydrogen-bond donors (Lipinski definition) is 1. The van der Waals surface area contributed by atoms with Gasteiger partial charge in [-0.2, -0.15) is 13.2 Å². The van der Waals surface area contributed by atoms with Gasteiger partial charge in [0, 0.05) is 6.04 Å². The lowest BCUT2D eigenvalue weighted by Crippen LogP contribution is -2.50. The van der Waals surface area contributed by atoms with Crippen molar-refractivity contribution in [1.82, 2.24) is 5.32 Å². The molecule has 1 heterocycles. The molecular formula is C10H18F3N. The molecule has 84 valence electrons. The Bertz CT molecular complexity index is 177. The average molecular weight is 209 g/mol. The van der Waals surface area contributed by atoms with Crippen LogP contribution in [0.15, 0.2) is 0 Å². The predicted octanol–water partition coefficient (Wildman–Crippen LogP) is 3.11. The van der Waals surface area contributed by atoms with E-state index in [1.807, 2.05) is 13.8 Å². The molecule has 1 fully saturated rings. The van der Waals surface area contributed by atoms with Crippen LogP contribution < -0.4 is 5.32 Å². The number of halogens is 3. The summed E-state index contributed by atoms with van der Waals surface area (Å²) in [7, 11) is 0. The molecule has 1 N–H and O–H groups in total. The van der Waals surface area contributed by atoms with E-state index in [0.717, 1.165) is 12.8 Å². The summed E-state index contributed by atoms with van der Waals surface area (Å²) in [6.45, 7) is 4.08. The van der Waals surface area contributed by atoms with Gasteiger partial charge in [-0.1, -0.05) is 20.3 Å². The van der Waals surface area contributed by atoms with Crippen molar-refractivity contribution in [3.05, 3.63) is 0 Å². The highest BCUT2D eigenvalue weighted by atomic mass is 19.4. The van der Waals surface area contributed by atoms with Crippen LogP contribution in [0, 0.1) is 5.92 Å². The molecule has 0 amide bonds. The van der Waals surface area contributed by atoms with E-state index in [0.29, 0.717) is 12.3 Å². The van der Waals surface area contributed by atoms with Crippen LogP contribution in [-0.2, 0) is 0 Å². The summed E-state index contributed by atoms with van der Waals surface area (Å²) in [5.74, 6) is 0.458. The first kappa shape index (κ1) is 11.8. The summed E-state index contributed by atoms with van der Waals surface area (Å²) < 4.78 is 37.2. The summed E-state index contributed by atoms with van der Waals surface area (Å²) in [6.07, 6.45) is -1.43. The predicted molar refractivity (Wildman–Crippen MR) is 50.1 cm³/mol. The molecule has 0 aromatic heterocycles. The maximum absolute atomic E-state index is 12.4. The standard InChI is InChI=1S/C10H18F3N/c1-7(2)6-8-4-3-5-9(14-8)10(11,12)13/h7-9,14H,3-6H2,1-2H3/t8-,9+/m0/s1. The molecule has 1 rings (SSSR count). The zero-order valence-corrected chi connectivity index (χ0v) is 8.69. The van der Waals surface area contributed by atoms with Crippen molar-refractivity contribution in [1.29, 1.82) is 0 Å². The van der Waals surface area contributed by atoms with Crippen molar-refractivity contribution in [2.24, 2.45) is 5.92 Å². The van der Waals surface area contributed by atoms with Gasteiger partial charge in [-0.25, -0.2) is 0 Å². The lowest BCUT2D eigenvalue weighted by atomic mass is 9.92. The van der Waals surface area contributed by atoms with E-state index < -0.39 is 12.2 Å². The van der Waals surface area contributed by atoms with Crippen LogP contribution in [0.2, 0.25) is 0 Å². The van der Waals surface area contributed by atoms with Crippen LogP contribution in [0.5, 0.6) is 0 Å². The van der Waals surface area contributed by atoms with Gasteiger partial charge in [0.15, 0.2) is 0 Å². The van der Waals surface area contributed by atoms with Crippen LogP contribution in [0.25, 0.3) is 0 Å². The van der Waals surface area contributed by atoms with Crippen LogP contribution in [0.1, 0.15) is 39.5 Å². The minimum atomic E-state index is -4.07. The van der Waals surface area contributed by atoms with Crippen molar-refractivity contribution in [2.45, 2.75) is 57.8 Å². The Labute approximate surface area is 83.1 Å². The number of nitrogens with one attached hydrogen (secondary N) is 1. The Morgan fingerprint density at radius 3 is 2.43 bits per heavy atom.